The Morgan fingerprint density at radius 2 is 2.12 bits per heavy atom. The number of carbonyl (C=O) groups is 1. The van der Waals surface area contributed by atoms with E-state index in [4.69, 9.17) is 4.74 Å². The van der Waals surface area contributed by atoms with E-state index in [1.165, 1.54) is 13.0 Å². The normalized spacial score (nSPS) is 13.9. The van der Waals surface area contributed by atoms with Crippen LogP contribution in [0.3, 0.4) is 0 Å². The van der Waals surface area contributed by atoms with Crippen molar-refractivity contribution in [2.75, 3.05) is 0 Å². The third kappa shape index (κ3) is 3.51. The second kappa shape index (κ2) is 5.47. The Hall–Kier alpha value is -1.61. The lowest BCUT2D eigenvalue weighted by molar-refractivity contribution is -0.164. The van der Waals surface area contributed by atoms with Crippen LogP contribution in [-0.2, 0) is 16.1 Å². The predicted octanol–water partition coefficient (Wildman–Crippen LogP) is 2.06. The predicted molar refractivity (Wildman–Crippen MR) is 61.7 cm³/mol. The van der Waals surface area contributed by atoms with Gasteiger partial charge in [0.05, 0.1) is 0 Å². The van der Waals surface area contributed by atoms with Crippen molar-refractivity contribution in [2.45, 2.75) is 25.6 Å². The first-order chi connectivity index (χ1) is 7.56. The Labute approximate surface area is 95.4 Å². The van der Waals surface area contributed by atoms with Gasteiger partial charge in [-0.05, 0) is 12.5 Å². The molecule has 0 heterocycles. The van der Waals surface area contributed by atoms with Gasteiger partial charge < -0.3 is 9.84 Å². The van der Waals surface area contributed by atoms with E-state index >= 15 is 0 Å². The van der Waals surface area contributed by atoms with Crippen molar-refractivity contribution >= 4 is 5.97 Å². The second-order valence-electron chi connectivity index (χ2n) is 3.83. The molecule has 16 heavy (non-hydrogen) atoms. The third-order valence-corrected chi connectivity index (χ3v) is 2.19. The van der Waals surface area contributed by atoms with Gasteiger partial charge >= 0.3 is 5.97 Å². The van der Waals surface area contributed by atoms with E-state index < -0.39 is 11.6 Å². The summed E-state index contributed by atoms with van der Waals surface area (Å²) < 4.78 is 5.01. The van der Waals surface area contributed by atoms with Gasteiger partial charge in [0.15, 0.2) is 5.60 Å². The van der Waals surface area contributed by atoms with E-state index in [0.29, 0.717) is 0 Å². The Balaban J connectivity index is 2.50. The summed E-state index contributed by atoms with van der Waals surface area (Å²) in [4.78, 5) is 11.5. The molecule has 3 heteroatoms. The van der Waals surface area contributed by atoms with E-state index in [-0.39, 0.29) is 13.0 Å². The molecule has 0 aliphatic carbocycles. The minimum Gasteiger partial charge on any atom is -0.459 e. The van der Waals surface area contributed by atoms with Crippen molar-refractivity contribution in [1.29, 1.82) is 0 Å². The summed E-state index contributed by atoms with van der Waals surface area (Å²) in [5.74, 6) is -0.628. The third-order valence-electron chi connectivity index (χ3n) is 2.19. The molecule has 86 valence electrons. The number of ether oxygens (including phenoxy) is 1. The van der Waals surface area contributed by atoms with Crippen LogP contribution in [0.4, 0.5) is 0 Å². The molecule has 3 nitrogen and oxygen atoms in total. The summed E-state index contributed by atoms with van der Waals surface area (Å²) in [6, 6.07) is 9.33. The summed E-state index contributed by atoms with van der Waals surface area (Å²) in [5, 5.41) is 9.72. The average Bonchev–Trinajstić information content (AvgIpc) is 2.27. The standard InChI is InChI=1S/C13H16O3/c1-3-9-13(2,15)12(14)16-10-11-7-5-4-6-8-11/h3-8,15H,1,9-10H2,2H3. The van der Waals surface area contributed by atoms with Gasteiger partial charge in [-0.2, -0.15) is 0 Å². The number of carbonyl (C=O) groups excluding carboxylic acids is 1. The Kier molecular flexibility index (Phi) is 4.26. The highest BCUT2D eigenvalue weighted by atomic mass is 16.5. The molecule has 1 aromatic rings. The molecule has 0 saturated heterocycles. The molecule has 0 spiro atoms. The van der Waals surface area contributed by atoms with E-state index in [0.717, 1.165) is 5.56 Å². The summed E-state index contributed by atoms with van der Waals surface area (Å²) in [5.41, 5.74) is -0.596. The lowest BCUT2D eigenvalue weighted by atomic mass is 10.0. The second-order valence-corrected chi connectivity index (χ2v) is 3.83. The molecule has 0 bridgehead atoms. The SMILES string of the molecule is C=CCC(C)(O)C(=O)OCc1ccccc1. The van der Waals surface area contributed by atoms with Crippen molar-refractivity contribution in [3.63, 3.8) is 0 Å². The minimum absolute atomic E-state index is 0.174. The van der Waals surface area contributed by atoms with Crippen molar-refractivity contribution in [2.24, 2.45) is 0 Å². The maximum absolute atomic E-state index is 11.5. The molecule has 0 saturated carbocycles. The van der Waals surface area contributed by atoms with Crippen LogP contribution < -0.4 is 0 Å². The molecular weight excluding hydrogens is 204 g/mol. The minimum atomic E-state index is -1.49. The van der Waals surface area contributed by atoms with Crippen molar-refractivity contribution < 1.29 is 14.6 Å². The topological polar surface area (TPSA) is 46.5 Å². The van der Waals surface area contributed by atoms with Crippen molar-refractivity contribution in [3.05, 3.63) is 48.6 Å². The van der Waals surface area contributed by atoms with Crippen LogP contribution in [0, 0.1) is 0 Å². The van der Waals surface area contributed by atoms with Gasteiger partial charge in [0, 0.05) is 6.42 Å². The van der Waals surface area contributed by atoms with E-state index in [1.54, 1.807) is 0 Å². The van der Waals surface area contributed by atoms with Gasteiger partial charge in [-0.1, -0.05) is 36.4 Å². The molecular formula is C13H16O3. The fourth-order valence-electron chi connectivity index (χ4n) is 1.24. The highest BCUT2D eigenvalue weighted by molar-refractivity contribution is 5.78. The van der Waals surface area contributed by atoms with E-state index in [1.807, 2.05) is 30.3 Å². The molecule has 1 rings (SSSR count). The maximum Gasteiger partial charge on any atom is 0.338 e. The maximum atomic E-state index is 11.5. The molecule has 1 N–H and O–H groups in total. The lowest BCUT2D eigenvalue weighted by Crippen LogP contribution is -2.36. The van der Waals surface area contributed by atoms with Gasteiger partial charge in [0.25, 0.3) is 0 Å². The highest BCUT2D eigenvalue weighted by Crippen LogP contribution is 2.13. The summed E-state index contributed by atoms with van der Waals surface area (Å²) in [6.07, 6.45) is 1.67. The zero-order chi connectivity index (χ0) is 12.0. The number of hydrogen-bond acceptors (Lipinski definition) is 3. The van der Waals surface area contributed by atoms with Gasteiger partial charge in [-0.3, -0.25) is 0 Å². The van der Waals surface area contributed by atoms with Crippen LogP contribution >= 0.6 is 0 Å². The quantitative estimate of drug-likeness (QED) is 0.610. The molecule has 0 amide bonds. The van der Waals surface area contributed by atoms with Gasteiger partial charge in [-0.25, -0.2) is 4.79 Å². The zero-order valence-corrected chi connectivity index (χ0v) is 9.35. The number of rotatable bonds is 5. The molecule has 0 fully saturated rings. The number of benzene rings is 1. The van der Waals surface area contributed by atoms with Gasteiger partial charge in [0.2, 0.25) is 0 Å². The first-order valence-electron chi connectivity index (χ1n) is 5.10. The van der Waals surface area contributed by atoms with Crippen LogP contribution in [-0.4, -0.2) is 16.7 Å². The monoisotopic (exact) mass is 220 g/mol. The lowest BCUT2D eigenvalue weighted by Gasteiger charge is -2.19. The first-order valence-corrected chi connectivity index (χ1v) is 5.10. The fourth-order valence-corrected chi connectivity index (χ4v) is 1.24. The number of hydrogen-bond donors (Lipinski definition) is 1. The Morgan fingerprint density at radius 1 is 1.50 bits per heavy atom. The highest BCUT2D eigenvalue weighted by Gasteiger charge is 2.30. The number of esters is 1. The Morgan fingerprint density at radius 3 is 2.69 bits per heavy atom. The molecule has 0 aliphatic heterocycles. The van der Waals surface area contributed by atoms with Crippen molar-refractivity contribution in [1.82, 2.24) is 0 Å². The van der Waals surface area contributed by atoms with Crippen LogP contribution in [0.2, 0.25) is 0 Å². The molecule has 0 aromatic heterocycles. The van der Waals surface area contributed by atoms with Gasteiger partial charge in [0.1, 0.15) is 6.61 Å². The molecule has 0 radical (unpaired) electrons. The zero-order valence-electron chi connectivity index (χ0n) is 9.35. The molecule has 1 unspecified atom stereocenters. The summed E-state index contributed by atoms with van der Waals surface area (Å²) >= 11 is 0. The van der Waals surface area contributed by atoms with E-state index in [9.17, 15) is 9.90 Å². The van der Waals surface area contributed by atoms with Crippen LogP contribution in [0.5, 0.6) is 0 Å². The van der Waals surface area contributed by atoms with Crippen molar-refractivity contribution in [3.8, 4) is 0 Å². The summed E-state index contributed by atoms with van der Waals surface area (Å²) in [6.45, 7) is 5.07. The Bertz CT molecular complexity index is 355. The first kappa shape index (κ1) is 12.5. The van der Waals surface area contributed by atoms with Crippen LogP contribution in [0.1, 0.15) is 18.9 Å². The smallest absolute Gasteiger partial charge is 0.338 e. The van der Waals surface area contributed by atoms with Crippen LogP contribution in [0.15, 0.2) is 43.0 Å². The molecule has 0 aliphatic rings. The molecule has 1 atom stereocenters. The van der Waals surface area contributed by atoms with Gasteiger partial charge in [-0.15, -0.1) is 6.58 Å². The van der Waals surface area contributed by atoms with Crippen LogP contribution in [0.25, 0.3) is 0 Å². The largest absolute Gasteiger partial charge is 0.459 e. The fraction of sp³-hybridized carbons (Fsp3) is 0.308. The average molecular weight is 220 g/mol. The summed E-state index contributed by atoms with van der Waals surface area (Å²) in [7, 11) is 0. The number of aliphatic hydroxyl groups is 1. The van der Waals surface area contributed by atoms with E-state index in [2.05, 4.69) is 6.58 Å². The molecule has 1 aromatic carbocycles.